The Morgan fingerprint density at radius 1 is 0.462 bits per heavy atom. The van der Waals surface area contributed by atoms with E-state index in [9.17, 15) is 14.4 Å². The first-order chi connectivity index (χ1) is 45.1. The Bertz CT molecular complexity index is 4620. The van der Waals surface area contributed by atoms with Gasteiger partial charge in [-0.1, -0.05) is 23.8 Å². The minimum Gasteiger partial charge on any atom is -0.497 e. The van der Waals surface area contributed by atoms with Gasteiger partial charge < -0.3 is 60.3 Å². The molecule has 3 fully saturated rings. The smallest absolute Gasteiger partial charge is 0.298 e. The van der Waals surface area contributed by atoms with Crippen molar-refractivity contribution in [1.82, 2.24) is 57.8 Å². The van der Waals surface area contributed by atoms with Crippen LogP contribution in [0.25, 0.3) is 16.6 Å². The quantitative estimate of drug-likeness (QED) is 0.111. The van der Waals surface area contributed by atoms with Crippen molar-refractivity contribution >= 4 is 51.7 Å². The minimum absolute atomic E-state index is 0.0176. The van der Waals surface area contributed by atoms with Gasteiger partial charge in [-0.2, -0.15) is 0 Å². The standard InChI is InChI=1S/C24H25N5O3.C23H21N5O3.C22H19N5O3/c1-4-5-21(30)28-10-8-17(15-28)24-27-20(22-23(25)26-9-11-29(22)24)7-6-16-12-18(31-2)14-19(13-16)32-3;1-4-20(29)27-9-7-16(14-27)23-26-19(21-22(24)25-8-10-28(21)23)6-5-15-11-17(30-2)13-18(12-15)31-3;1-4-19(28)26-12-15(13-26)22-25-18(20-21(23)24-7-8-27(20)22)6-5-14-9-16(29-2)11-17(10-14)30-3/h4-5,9,11-14,17H,8,10,15H2,1-3H3,(H2,25,26);1,8,10-13,16H,7,9,14H2,2-3H3,(H2,24,25);1,7-11,15H,12-13H2,2-3H3,(H2,23,24)/b5-4+;;/t17-;16-;/m00./s1. The van der Waals surface area contributed by atoms with Gasteiger partial charge in [-0.05, 0) is 91.8 Å². The maximum absolute atomic E-state index is 12.2. The summed E-state index contributed by atoms with van der Waals surface area (Å²) < 4.78 is 37.5. The van der Waals surface area contributed by atoms with Gasteiger partial charge >= 0.3 is 0 Å². The maximum atomic E-state index is 12.2. The number of nitrogens with zero attached hydrogens (tertiary/aromatic N) is 12. The number of carbonyl (C=O) groups excluding carboxylic acids is 3. The minimum atomic E-state index is -0.319. The van der Waals surface area contributed by atoms with Gasteiger partial charge in [0.2, 0.25) is 5.91 Å². The summed E-state index contributed by atoms with van der Waals surface area (Å²) in [6.07, 6.45) is 25.7. The number of allylic oxidation sites excluding steroid dienone is 1. The molecular formula is C69H65N15O9. The molecule has 12 rings (SSSR count). The number of hydrogen-bond donors (Lipinski definition) is 3. The number of ether oxygens (including phenoxy) is 6. The van der Waals surface area contributed by atoms with Crippen LogP contribution < -0.4 is 45.6 Å². The van der Waals surface area contributed by atoms with Gasteiger partial charge in [0.25, 0.3) is 11.8 Å². The van der Waals surface area contributed by atoms with Crippen LogP contribution in [0.1, 0.15) is 88.8 Å². The molecule has 6 N–H and O–H groups in total. The van der Waals surface area contributed by atoms with E-state index in [2.05, 4.69) is 62.3 Å². The maximum Gasteiger partial charge on any atom is 0.298 e. The second kappa shape index (κ2) is 28.4. The molecule has 0 unspecified atom stereocenters. The van der Waals surface area contributed by atoms with Crippen molar-refractivity contribution in [3.05, 3.63) is 155 Å². The van der Waals surface area contributed by atoms with Crippen molar-refractivity contribution in [1.29, 1.82) is 0 Å². The number of rotatable bonds is 10. The molecule has 0 radical (unpaired) electrons. The molecule has 0 aliphatic carbocycles. The lowest BCUT2D eigenvalue weighted by atomic mass is 9.99. The first-order valence-electron chi connectivity index (χ1n) is 29.2. The summed E-state index contributed by atoms with van der Waals surface area (Å²) in [7, 11) is 9.53. The van der Waals surface area contributed by atoms with Crippen molar-refractivity contribution in [2.24, 2.45) is 0 Å². The van der Waals surface area contributed by atoms with E-state index in [1.807, 2.05) is 67.6 Å². The number of hydrogen-bond acceptors (Lipinski definition) is 18. The molecule has 3 amide bonds. The average Bonchev–Trinajstić information content (AvgIpc) is 1.65. The molecule has 3 saturated heterocycles. The molecular weight excluding hydrogens is 1180 g/mol. The van der Waals surface area contributed by atoms with Crippen LogP contribution in [0, 0.1) is 60.2 Å². The van der Waals surface area contributed by atoms with Crippen molar-refractivity contribution in [3.8, 4) is 94.7 Å². The monoisotopic (exact) mass is 1250 g/mol. The SMILES string of the molecule is C#CC(=O)N1CC(c2nc(C#Cc3cc(OC)cc(OC)c3)c3c(N)nccn23)C1.C#CC(=O)N1CC[C@H](c2nc(C#Cc3cc(OC)cc(OC)c3)c3c(N)nccn23)C1.C/C=C/C(=O)N1CC[C@H](c2nc(C#Cc3cc(OC)cc(OC)c3)c3c(N)nccn23)C1. The number of likely N-dealkylation sites (tertiary alicyclic amines) is 3. The Hall–Kier alpha value is -12.3. The van der Waals surface area contributed by atoms with E-state index in [0.717, 1.165) is 35.9 Å². The molecule has 93 heavy (non-hydrogen) atoms. The zero-order valence-electron chi connectivity index (χ0n) is 52.1. The molecule has 9 heterocycles. The zero-order chi connectivity index (χ0) is 65.9. The highest BCUT2D eigenvalue weighted by molar-refractivity contribution is 5.94. The molecule has 470 valence electrons. The lowest BCUT2D eigenvalue weighted by Crippen LogP contribution is -2.48. The number of imidazole rings is 3. The average molecular weight is 1250 g/mol. The zero-order valence-corrected chi connectivity index (χ0v) is 52.1. The topological polar surface area (TPSA) is 285 Å². The van der Waals surface area contributed by atoms with Crippen LogP contribution in [0.4, 0.5) is 17.5 Å². The number of carbonyl (C=O) groups is 3. The van der Waals surface area contributed by atoms with Gasteiger partial charge in [-0.15, -0.1) is 12.8 Å². The molecule has 24 nitrogen and oxygen atoms in total. The van der Waals surface area contributed by atoms with E-state index in [-0.39, 0.29) is 35.5 Å². The number of terminal acetylenes is 2. The summed E-state index contributed by atoms with van der Waals surface area (Å²) in [6.45, 7) is 5.23. The van der Waals surface area contributed by atoms with Gasteiger partial charge in [0.1, 0.15) is 85.6 Å². The van der Waals surface area contributed by atoms with Gasteiger partial charge in [0.05, 0.1) is 48.6 Å². The number of anilines is 3. The number of nitrogens with two attached hydrogens (primary N) is 3. The first kappa shape index (κ1) is 63.7. The third-order valence-corrected chi connectivity index (χ3v) is 15.7. The number of aromatic nitrogens is 9. The van der Waals surface area contributed by atoms with Crippen molar-refractivity contribution in [3.63, 3.8) is 0 Å². The molecule has 3 aromatic carbocycles. The number of methoxy groups -OCH3 is 6. The van der Waals surface area contributed by atoms with Crippen LogP contribution >= 0.6 is 0 Å². The largest absolute Gasteiger partial charge is 0.497 e. The van der Waals surface area contributed by atoms with Crippen LogP contribution in [0.2, 0.25) is 0 Å². The van der Waals surface area contributed by atoms with E-state index < -0.39 is 0 Å². The molecule has 0 spiro atoms. The lowest BCUT2D eigenvalue weighted by molar-refractivity contribution is -0.129. The van der Waals surface area contributed by atoms with E-state index >= 15 is 0 Å². The second-order valence-electron chi connectivity index (χ2n) is 21.3. The molecule has 24 heteroatoms. The summed E-state index contributed by atoms with van der Waals surface area (Å²) in [4.78, 5) is 67.7. The van der Waals surface area contributed by atoms with Crippen LogP contribution in [-0.2, 0) is 14.4 Å². The number of benzene rings is 3. The van der Waals surface area contributed by atoms with Crippen molar-refractivity contribution in [2.75, 3.05) is 99.1 Å². The van der Waals surface area contributed by atoms with Crippen LogP contribution in [0.5, 0.6) is 34.5 Å². The summed E-state index contributed by atoms with van der Waals surface area (Å²) >= 11 is 0. The molecule has 0 bridgehead atoms. The van der Waals surface area contributed by atoms with Crippen molar-refractivity contribution in [2.45, 2.75) is 37.5 Å². The van der Waals surface area contributed by atoms with Gasteiger partial charge in [0.15, 0.2) is 17.5 Å². The highest BCUT2D eigenvalue weighted by atomic mass is 16.5. The highest BCUT2D eigenvalue weighted by Crippen LogP contribution is 2.34. The van der Waals surface area contributed by atoms with E-state index in [0.29, 0.717) is 136 Å². The molecule has 0 saturated carbocycles. The normalized spacial score (nSPS) is 14.7. The third kappa shape index (κ3) is 13.9. The number of nitrogen functional groups attached to an aromatic ring is 3. The predicted octanol–water partition coefficient (Wildman–Crippen LogP) is 5.59. The number of fused-ring (bicyclic) bond motifs is 3. The van der Waals surface area contributed by atoms with Crippen molar-refractivity contribution < 1.29 is 42.8 Å². The van der Waals surface area contributed by atoms with Gasteiger partial charge in [0, 0.05) is 123 Å². The Morgan fingerprint density at radius 2 is 0.774 bits per heavy atom. The molecule has 6 aromatic heterocycles. The second-order valence-corrected chi connectivity index (χ2v) is 21.3. The molecule has 3 aliphatic heterocycles. The lowest BCUT2D eigenvalue weighted by Gasteiger charge is -2.37. The van der Waals surface area contributed by atoms with Gasteiger partial charge in [-0.3, -0.25) is 27.6 Å². The molecule has 2 atom stereocenters. The van der Waals surface area contributed by atoms with Crippen LogP contribution in [-0.4, -0.2) is 157 Å². The van der Waals surface area contributed by atoms with Gasteiger partial charge in [-0.25, -0.2) is 29.9 Å². The fourth-order valence-electron chi connectivity index (χ4n) is 11.0. The summed E-state index contributed by atoms with van der Waals surface area (Å²) in [5, 5.41) is 0. The summed E-state index contributed by atoms with van der Waals surface area (Å²) in [5.74, 6) is 29.8. The fraction of sp³-hybridized carbons (Fsp3) is 0.261. The third-order valence-electron chi connectivity index (χ3n) is 15.7. The Kier molecular flexibility index (Phi) is 19.5. The Morgan fingerprint density at radius 3 is 1.11 bits per heavy atom. The Balaban J connectivity index is 0.000000153. The number of amides is 3. The molecule has 3 aliphatic rings. The molecule has 9 aromatic rings. The fourth-order valence-corrected chi connectivity index (χ4v) is 11.0. The van der Waals surface area contributed by atoms with E-state index in [1.165, 1.54) is 0 Å². The first-order valence-corrected chi connectivity index (χ1v) is 29.2. The van der Waals surface area contributed by atoms with E-state index in [4.69, 9.17) is 73.4 Å². The highest BCUT2D eigenvalue weighted by Gasteiger charge is 2.35. The van der Waals surface area contributed by atoms with Crippen LogP contribution in [0.3, 0.4) is 0 Å². The van der Waals surface area contributed by atoms with E-state index in [1.54, 1.807) is 114 Å². The predicted molar refractivity (Wildman–Crippen MR) is 348 cm³/mol. The summed E-state index contributed by atoms with van der Waals surface area (Å²) in [6, 6.07) is 16.3. The summed E-state index contributed by atoms with van der Waals surface area (Å²) in [5.41, 5.74) is 24.1. The van der Waals surface area contributed by atoms with Crippen LogP contribution in [0.15, 0.2) is 104 Å². The Labute approximate surface area is 536 Å².